The standard InChI is InChI=1S/C11H12N4/c1-2-8-10(14-7-15-11(8)12)9-5-3-4-6-13-9/h3-7H,2H2,1H3,(H2,12,14,15). The molecule has 2 N–H and O–H groups in total. The van der Waals surface area contributed by atoms with E-state index in [1.54, 1.807) is 6.20 Å². The highest BCUT2D eigenvalue weighted by Crippen LogP contribution is 2.22. The summed E-state index contributed by atoms with van der Waals surface area (Å²) in [6.45, 7) is 2.03. The van der Waals surface area contributed by atoms with E-state index in [1.165, 1.54) is 6.33 Å². The Bertz CT molecular complexity index is 453. The van der Waals surface area contributed by atoms with Crippen LogP contribution in [0.15, 0.2) is 30.7 Å². The number of rotatable bonds is 2. The van der Waals surface area contributed by atoms with Gasteiger partial charge in [-0.05, 0) is 18.6 Å². The second-order valence-corrected chi connectivity index (χ2v) is 3.15. The zero-order valence-corrected chi connectivity index (χ0v) is 8.51. The second kappa shape index (κ2) is 4.04. The van der Waals surface area contributed by atoms with Crippen molar-refractivity contribution in [3.63, 3.8) is 0 Å². The van der Waals surface area contributed by atoms with Crippen molar-refractivity contribution in [3.05, 3.63) is 36.3 Å². The molecule has 0 amide bonds. The Labute approximate surface area is 88.2 Å². The molecule has 76 valence electrons. The minimum Gasteiger partial charge on any atom is -0.383 e. The van der Waals surface area contributed by atoms with E-state index in [0.29, 0.717) is 5.82 Å². The van der Waals surface area contributed by atoms with E-state index >= 15 is 0 Å². The van der Waals surface area contributed by atoms with Gasteiger partial charge < -0.3 is 5.73 Å². The fourth-order valence-electron chi connectivity index (χ4n) is 1.50. The molecule has 0 aliphatic heterocycles. The van der Waals surface area contributed by atoms with Crippen molar-refractivity contribution >= 4 is 5.82 Å². The Morgan fingerprint density at radius 2 is 2.07 bits per heavy atom. The molecule has 2 aromatic heterocycles. The molecule has 15 heavy (non-hydrogen) atoms. The lowest BCUT2D eigenvalue weighted by Crippen LogP contribution is -2.02. The summed E-state index contributed by atoms with van der Waals surface area (Å²) in [7, 11) is 0. The van der Waals surface area contributed by atoms with Crippen molar-refractivity contribution < 1.29 is 0 Å². The van der Waals surface area contributed by atoms with Gasteiger partial charge in [-0.25, -0.2) is 9.97 Å². The van der Waals surface area contributed by atoms with Gasteiger partial charge in [0.1, 0.15) is 12.1 Å². The number of pyridine rings is 1. The quantitative estimate of drug-likeness (QED) is 0.801. The fraction of sp³-hybridized carbons (Fsp3) is 0.182. The Morgan fingerprint density at radius 3 is 2.73 bits per heavy atom. The van der Waals surface area contributed by atoms with Crippen LogP contribution in [0.5, 0.6) is 0 Å². The molecule has 4 nitrogen and oxygen atoms in total. The van der Waals surface area contributed by atoms with Crippen molar-refractivity contribution in [1.82, 2.24) is 15.0 Å². The lowest BCUT2D eigenvalue weighted by Gasteiger charge is -2.07. The number of nitrogen functional groups attached to an aromatic ring is 1. The molecule has 0 saturated heterocycles. The van der Waals surface area contributed by atoms with Gasteiger partial charge in [-0.15, -0.1) is 0 Å². The molecule has 0 unspecified atom stereocenters. The molecular weight excluding hydrogens is 188 g/mol. The lowest BCUT2D eigenvalue weighted by atomic mass is 10.1. The summed E-state index contributed by atoms with van der Waals surface area (Å²) in [5, 5.41) is 0. The molecule has 2 aromatic rings. The van der Waals surface area contributed by atoms with Crippen LogP contribution in [0, 0.1) is 0 Å². The maximum atomic E-state index is 5.79. The number of nitrogens with zero attached hydrogens (tertiary/aromatic N) is 3. The maximum Gasteiger partial charge on any atom is 0.130 e. The minimum absolute atomic E-state index is 0.535. The van der Waals surface area contributed by atoms with Gasteiger partial charge in [-0.1, -0.05) is 13.0 Å². The zero-order chi connectivity index (χ0) is 10.7. The van der Waals surface area contributed by atoms with Gasteiger partial charge in [0, 0.05) is 11.8 Å². The minimum atomic E-state index is 0.535. The Kier molecular flexibility index (Phi) is 2.58. The van der Waals surface area contributed by atoms with Crippen molar-refractivity contribution in [1.29, 1.82) is 0 Å². The van der Waals surface area contributed by atoms with E-state index in [2.05, 4.69) is 15.0 Å². The maximum absolute atomic E-state index is 5.79. The zero-order valence-electron chi connectivity index (χ0n) is 8.51. The van der Waals surface area contributed by atoms with Crippen molar-refractivity contribution in [2.45, 2.75) is 13.3 Å². The third-order valence-electron chi connectivity index (χ3n) is 2.24. The molecule has 2 heterocycles. The van der Waals surface area contributed by atoms with Crippen molar-refractivity contribution in [2.24, 2.45) is 0 Å². The first-order valence-corrected chi connectivity index (χ1v) is 4.83. The highest BCUT2D eigenvalue weighted by Gasteiger charge is 2.09. The van der Waals surface area contributed by atoms with Crippen LogP contribution in [-0.2, 0) is 6.42 Å². The number of nitrogens with two attached hydrogens (primary N) is 1. The van der Waals surface area contributed by atoms with Crippen LogP contribution < -0.4 is 5.73 Å². The third kappa shape index (κ3) is 1.79. The summed E-state index contributed by atoms with van der Waals surface area (Å²) in [5.41, 5.74) is 8.41. The van der Waals surface area contributed by atoms with E-state index in [0.717, 1.165) is 23.4 Å². The van der Waals surface area contributed by atoms with Crippen LogP contribution in [0.1, 0.15) is 12.5 Å². The number of anilines is 1. The smallest absolute Gasteiger partial charge is 0.130 e. The molecular formula is C11H12N4. The molecule has 0 saturated carbocycles. The van der Waals surface area contributed by atoms with Gasteiger partial charge in [0.15, 0.2) is 0 Å². The first kappa shape index (κ1) is 9.58. The summed E-state index contributed by atoms with van der Waals surface area (Å²) < 4.78 is 0. The number of hydrogen-bond acceptors (Lipinski definition) is 4. The molecule has 0 spiro atoms. The van der Waals surface area contributed by atoms with Gasteiger partial charge >= 0.3 is 0 Å². The summed E-state index contributed by atoms with van der Waals surface area (Å²) in [5.74, 6) is 0.535. The van der Waals surface area contributed by atoms with E-state index < -0.39 is 0 Å². The Hall–Kier alpha value is -1.97. The van der Waals surface area contributed by atoms with Crippen molar-refractivity contribution in [2.75, 3.05) is 5.73 Å². The molecule has 0 fully saturated rings. The number of hydrogen-bond donors (Lipinski definition) is 1. The van der Waals surface area contributed by atoms with E-state index in [9.17, 15) is 0 Å². The molecule has 4 heteroatoms. The third-order valence-corrected chi connectivity index (χ3v) is 2.24. The predicted octanol–water partition coefficient (Wildman–Crippen LogP) is 1.68. The van der Waals surface area contributed by atoms with Gasteiger partial charge in [0.25, 0.3) is 0 Å². The van der Waals surface area contributed by atoms with Crippen LogP contribution >= 0.6 is 0 Å². The van der Waals surface area contributed by atoms with Crippen LogP contribution in [0.25, 0.3) is 11.4 Å². The molecule has 0 radical (unpaired) electrons. The molecule has 0 aliphatic carbocycles. The SMILES string of the molecule is CCc1c(N)ncnc1-c1ccccn1. The molecule has 0 aromatic carbocycles. The largest absolute Gasteiger partial charge is 0.383 e. The van der Waals surface area contributed by atoms with Crippen LogP contribution in [0.3, 0.4) is 0 Å². The fourth-order valence-corrected chi connectivity index (χ4v) is 1.50. The molecule has 2 rings (SSSR count). The highest BCUT2D eigenvalue weighted by atomic mass is 14.9. The molecule has 0 aliphatic rings. The van der Waals surface area contributed by atoms with Crippen molar-refractivity contribution in [3.8, 4) is 11.4 Å². The van der Waals surface area contributed by atoms with Gasteiger partial charge in [-0.2, -0.15) is 0 Å². The van der Waals surface area contributed by atoms with Gasteiger partial charge in [0.05, 0.1) is 11.4 Å². The molecule has 0 bridgehead atoms. The first-order chi connectivity index (χ1) is 7.33. The average Bonchev–Trinajstić information content (AvgIpc) is 2.30. The van der Waals surface area contributed by atoms with E-state index in [1.807, 2.05) is 25.1 Å². The topological polar surface area (TPSA) is 64.7 Å². The van der Waals surface area contributed by atoms with E-state index in [-0.39, 0.29) is 0 Å². The first-order valence-electron chi connectivity index (χ1n) is 4.83. The summed E-state index contributed by atoms with van der Waals surface area (Å²) in [4.78, 5) is 12.5. The summed E-state index contributed by atoms with van der Waals surface area (Å²) in [6, 6.07) is 5.72. The summed E-state index contributed by atoms with van der Waals surface area (Å²) >= 11 is 0. The number of aromatic nitrogens is 3. The van der Waals surface area contributed by atoms with Gasteiger partial charge in [-0.3, -0.25) is 4.98 Å². The normalized spacial score (nSPS) is 10.2. The predicted molar refractivity (Wildman–Crippen MR) is 59.1 cm³/mol. The molecule has 0 atom stereocenters. The summed E-state index contributed by atoms with van der Waals surface area (Å²) in [6.07, 6.45) is 4.02. The lowest BCUT2D eigenvalue weighted by molar-refractivity contribution is 1.05. The average molecular weight is 200 g/mol. The second-order valence-electron chi connectivity index (χ2n) is 3.15. The monoisotopic (exact) mass is 200 g/mol. The van der Waals surface area contributed by atoms with Crippen LogP contribution in [0.4, 0.5) is 5.82 Å². The van der Waals surface area contributed by atoms with Crippen LogP contribution in [0.2, 0.25) is 0 Å². The van der Waals surface area contributed by atoms with Crippen LogP contribution in [-0.4, -0.2) is 15.0 Å². The Morgan fingerprint density at radius 1 is 1.20 bits per heavy atom. The Balaban J connectivity index is 2.58. The highest BCUT2D eigenvalue weighted by molar-refractivity contribution is 5.63. The van der Waals surface area contributed by atoms with Gasteiger partial charge in [0.2, 0.25) is 0 Å². The van der Waals surface area contributed by atoms with E-state index in [4.69, 9.17) is 5.73 Å².